The molecule has 0 amide bonds. The van der Waals surface area contributed by atoms with E-state index in [4.69, 9.17) is 0 Å². The van der Waals surface area contributed by atoms with E-state index < -0.39 is 0 Å². The maximum absolute atomic E-state index is 11.8. The van der Waals surface area contributed by atoms with Crippen LogP contribution in [0.4, 0.5) is 0 Å². The first-order valence-electron chi connectivity index (χ1n) is 7.93. The molecule has 0 aliphatic rings. The zero-order valence-corrected chi connectivity index (χ0v) is 13.8. The Kier molecular flexibility index (Phi) is 9.48. The van der Waals surface area contributed by atoms with Crippen molar-refractivity contribution in [2.24, 2.45) is 0 Å². The van der Waals surface area contributed by atoms with Crippen molar-refractivity contribution >= 4 is 17.5 Å². The molecule has 1 aromatic rings. The maximum atomic E-state index is 11.8. The van der Waals surface area contributed by atoms with Crippen molar-refractivity contribution in [2.45, 2.75) is 70.1 Å². The third-order valence-electron chi connectivity index (χ3n) is 3.45. The van der Waals surface area contributed by atoms with Crippen LogP contribution in [0.2, 0.25) is 0 Å². The third kappa shape index (κ3) is 8.42. The number of carbonyl (C=O) groups excluding carboxylic acids is 1. The first kappa shape index (κ1) is 17.3. The molecule has 0 N–H and O–H groups in total. The Morgan fingerprint density at radius 3 is 2.45 bits per heavy atom. The Bertz CT molecular complexity index is 387. The summed E-state index contributed by atoms with van der Waals surface area (Å²) in [5.74, 6) is 1.02. The highest BCUT2D eigenvalue weighted by atomic mass is 32.2. The number of unbranched alkanes of at least 4 members (excludes halogenated alkanes) is 6. The van der Waals surface area contributed by atoms with Crippen molar-refractivity contribution < 1.29 is 4.79 Å². The van der Waals surface area contributed by atoms with Crippen LogP contribution < -0.4 is 0 Å². The molecule has 0 aliphatic carbocycles. The van der Waals surface area contributed by atoms with Gasteiger partial charge in [-0.3, -0.25) is 4.79 Å². The van der Waals surface area contributed by atoms with Gasteiger partial charge in [0.2, 0.25) is 0 Å². The van der Waals surface area contributed by atoms with Crippen LogP contribution >= 0.6 is 11.8 Å². The summed E-state index contributed by atoms with van der Waals surface area (Å²) in [6.45, 7) is 4.33. The normalized spacial score (nSPS) is 10.7. The predicted octanol–water partition coefficient (Wildman–Crippen LogP) is 5.80. The molecule has 1 nitrogen and oxygen atoms in total. The highest BCUT2D eigenvalue weighted by Gasteiger charge is 2.03. The number of rotatable bonds is 11. The van der Waals surface area contributed by atoms with Crippen LogP contribution in [0.25, 0.3) is 0 Å². The number of ketones is 1. The molecule has 2 heteroatoms. The molecule has 0 spiro atoms. The van der Waals surface area contributed by atoms with Crippen LogP contribution in [0.5, 0.6) is 0 Å². The lowest BCUT2D eigenvalue weighted by molar-refractivity contribution is -0.116. The molecule has 20 heavy (non-hydrogen) atoms. The number of hydrogen-bond acceptors (Lipinski definition) is 2. The van der Waals surface area contributed by atoms with Gasteiger partial charge < -0.3 is 0 Å². The van der Waals surface area contributed by atoms with Crippen molar-refractivity contribution in [1.82, 2.24) is 0 Å². The van der Waals surface area contributed by atoms with Gasteiger partial charge in [-0.05, 0) is 25.5 Å². The summed E-state index contributed by atoms with van der Waals surface area (Å²) in [4.78, 5) is 13.0. The molecule has 1 rings (SSSR count). The standard InChI is InChI=1S/C18H28OS/c1-3-4-5-6-7-8-9-12-17(19)15-20-18-13-10-11-16(2)14-18/h10-11,13-14H,3-9,12,15H2,1-2H3. The van der Waals surface area contributed by atoms with Crippen molar-refractivity contribution in [3.63, 3.8) is 0 Å². The molecule has 0 saturated carbocycles. The monoisotopic (exact) mass is 292 g/mol. The molecule has 0 fully saturated rings. The molecule has 0 unspecified atom stereocenters. The minimum Gasteiger partial charge on any atom is -0.299 e. The lowest BCUT2D eigenvalue weighted by Crippen LogP contribution is -2.01. The molecule has 0 aromatic heterocycles. The van der Waals surface area contributed by atoms with Gasteiger partial charge in [-0.1, -0.05) is 63.1 Å². The van der Waals surface area contributed by atoms with E-state index in [1.54, 1.807) is 11.8 Å². The average molecular weight is 292 g/mol. The van der Waals surface area contributed by atoms with Crippen molar-refractivity contribution in [3.8, 4) is 0 Å². The highest BCUT2D eigenvalue weighted by molar-refractivity contribution is 8.00. The van der Waals surface area contributed by atoms with Crippen molar-refractivity contribution in [2.75, 3.05) is 5.75 Å². The van der Waals surface area contributed by atoms with Crippen LogP contribution in [-0.4, -0.2) is 11.5 Å². The summed E-state index contributed by atoms with van der Waals surface area (Å²) in [6, 6.07) is 8.37. The summed E-state index contributed by atoms with van der Waals surface area (Å²) in [5.41, 5.74) is 1.26. The first-order valence-corrected chi connectivity index (χ1v) is 8.92. The van der Waals surface area contributed by atoms with E-state index in [0.29, 0.717) is 11.5 Å². The van der Waals surface area contributed by atoms with E-state index in [1.165, 1.54) is 49.0 Å². The molecule has 0 saturated heterocycles. The topological polar surface area (TPSA) is 17.1 Å². The Morgan fingerprint density at radius 1 is 1.05 bits per heavy atom. The number of carbonyl (C=O) groups is 1. The molecule has 0 aliphatic heterocycles. The predicted molar refractivity (Wildman–Crippen MR) is 89.5 cm³/mol. The third-order valence-corrected chi connectivity index (χ3v) is 4.50. The summed E-state index contributed by atoms with van der Waals surface area (Å²) in [7, 11) is 0. The second-order valence-electron chi connectivity index (χ2n) is 5.52. The van der Waals surface area contributed by atoms with E-state index in [0.717, 1.165) is 12.8 Å². The molecule has 1 aromatic carbocycles. The number of Topliss-reactive ketones (excluding diaryl/α,β-unsaturated/α-hetero) is 1. The summed E-state index contributed by atoms with van der Waals surface area (Å²) < 4.78 is 0. The lowest BCUT2D eigenvalue weighted by atomic mass is 10.1. The minimum absolute atomic E-state index is 0.394. The Morgan fingerprint density at radius 2 is 1.75 bits per heavy atom. The molecule has 0 bridgehead atoms. The zero-order chi connectivity index (χ0) is 14.6. The van der Waals surface area contributed by atoms with Crippen LogP contribution in [0.15, 0.2) is 29.2 Å². The van der Waals surface area contributed by atoms with E-state index in [2.05, 4.69) is 38.1 Å². The highest BCUT2D eigenvalue weighted by Crippen LogP contribution is 2.19. The average Bonchev–Trinajstić information content (AvgIpc) is 2.44. The van der Waals surface area contributed by atoms with E-state index in [9.17, 15) is 4.79 Å². The van der Waals surface area contributed by atoms with Gasteiger partial charge in [-0.25, -0.2) is 0 Å². The second-order valence-corrected chi connectivity index (χ2v) is 6.56. The van der Waals surface area contributed by atoms with E-state index in [1.807, 2.05) is 0 Å². The molecular weight excluding hydrogens is 264 g/mol. The molecular formula is C18H28OS. The molecule has 112 valence electrons. The zero-order valence-electron chi connectivity index (χ0n) is 13.0. The molecule has 0 atom stereocenters. The lowest BCUT2D eigenvalue weighted by Gasteiger charge is -2.03. The number of benzene rings is 1. The smallest absolute Gasteiger partial charge is 0.143 e. The van der Waals surface area contributed by atoms with Gasteiger partial charge in [0.25, 0.3) is 0 Å². The van der Waals surface area contributed by atoms with Crippen LogP contribution in [0.3, 0.4) is 0 Å². The number of hydrogen-bond donors (Lipinski definition) is 0. The van der Waals surface area contributed by atoms with Crippen molar-refractivity contribution in [3.05, 3.63) is 29.8 Å². The molecule has 0 heterocycles. The quantitative estimate of drug-likeness (QED) is 0.379. The fourth-order valence-electron chi connectivity index (χ4n) is 2.22. The van der Waals surface area contributed by atoms with E-state index in [-0.39, 0.29) is 0 Å². The van der Waals surface area contributed by atoms with Crippen LogP contribution in [0.1, 0.15) is 63.9 Å². The fourth-order valence-corrected chi connectivity index (χ4v) is 3.14. The van der Waals surface area contributed by atoms with Gasteiger partial charge in [-0.2, -0.15) is 0 Å². The minimum atomic E-state index is 0.394. The number of aryl methyl sites for hydroxylation is 1. The Balaban J connectivity index is 2.03. The largest absolute Gasteiger partial charge is 0.299 e. The second kappa shape index (κ2) is 11.0. The van der Waals surface area contributed by atoms with Crippen LogP contribution in [0, 0.1) is 6.92 Å². The SMILES string of the molecule is CCCCCCCCCC(=O)CSc1cccc(C)c1. The van der Waals surface area contributed by atoms with Gasteiger partial charge in [0.05, 0.1) is 5.75 Å². The summed E-state index contributed by atoms with van der Waals surface area (Å²) in [6.07, 6.45) is 9.67. The number of thioether (sulfide) groups is 1. The van der Waals surface area contributed by atoms with Gasteiger partial charge in [0, 0.05) is 11.3 Å². The fraction of sp³-hybridized carbons (Fsp3) is 0.611. The van der Waals surface area contributed by atoms with E-state index >= 15 is 0 Å². The Labute approximate surface area is 128 Å². The summed E-state index contributed by atoms with van der Waals surface area (Å²) in [5, 5.41) is 0. The van der Waals surface area contributed by atoms with Gasteiger partial charge in [0.15, 0.2) is 0 Å². The first-order chi connectivity index (χ1) is 9.72. The maximum Gasteiger partial charge on any atom is 0.143 e. The van der Waals surface area contributed by atoms with Crippen LogP contribution in [-0.2, 0) is 4.79 Å². The van der Waals surface area contributed by atoms with Crippen molar-refractivity contribution in [1.29, 1.82) is 0 Å². The summed E-state index contributed by atoms with van der Waals surface area (Å²) >= 11 is 1.67. The van der Waals surface area contributed by atoms with Gasteiger partial charge >= 0.3 is 0 Å². The van der Waals surface area contributed by atoms with Gasteiger partial charge in [-0.15, -0.1) is 11.8 Å². The molecule has 0 radical (unpaired) electrons. The van der Waals surface area contributed by atoms with Gasteiger partial charge in [0.1, 0.15) is 5.78 Å². The Hall–Kier alpha value is -0.760.